The molecular formula is C20H22Cl2FN3O2. The Balaban J connectivity index is 0.00000225. The van der Waals surface area contributed by atoms with Gasteiger partial charge in [-0.25, -0.2) is 4.39 Å². The first-order chi connectivity index (χ1) is 13.2. The number of methoxy groups -OCH3 is 1. The van der Waals surface area contributed by atoms with Crippen LogP contribution in [-0.4, -0.2) is 39.2 Å². The van der Waals surface area contributed by atoms with Gasteiger partial charge in [-0.05, 0) is 50.2 Å². The van der Waals surface area contributed by atoms with E-state index in [1.54, 1.807) is 24.3 Å². The van der Waals surface area contributed by atoms with Crippen molar-refractivity contribution in [2.24, 2.45) is 4.99 Å². The van der Waals surface area contributed by atoms with Crippen molar-refractivity contribution in [2.45, 2.75) is 18.9 Å². The van der Waals surface area contributed by atoms with Gasteiger partial charge in [-0.15, -0.1) is 12.4 Å². The zero-order valence-electron chi connectivity index (χ0n) is 15.5. The Bertz CT molecular complexity index is 873. The molecule has 150 valence electrons. The number of halogens is 3. The van der Waals surface area contributed by atoms with E-state index >= 15 is 0 Å². The molecule has 1 saturated heterocycles. The number of rotatable bonds is 4. The van der Waals surface area contributed by atoms with Gasteiger partial charge in [0.2, 0.25) is 0 Å². The lowest BCUT2D eigenvalue weighted by atomic mass is 10.1. The number of hydrogen-bond acceptors (Lipinski definition) is 5. The van der Waals surface area contributed by atoms with Crippen molar-refractivity contribution in [2.75, 3.05) is 31.8 Å². The fraction of sp³-hybridized carbons (Fsp3) is 0.350. The molecule has 0 amide bonds. The standard InChI is InChI=1S/C20H21ClFN3O2.ClH/c1-26-19-8-13-11-24-12-25(18-9-14(21)2-3-16(18)22)17(13)10-20(19)27-15-4-6-23-7-5-15;/h2-3,8-11,15,23H,4-7,12H2,1H3;1H. The van der Waals surface area contributed by atoms with Crippen LogP contribution in [0, 0.1) is 5.82 Å². The molecule has 0 aliphatic carbocycles. The summed E-state index contributed by atoms with van der Waals surface area (Å²) < 4.78 is 26.2. The van der Waals surface area contributed by atoms with Crippen molar-refractivity contribution < 1.29 is 13.9 Å². The average Bonchev–Trinajstić information content (AvgIpc) is 2.70. The first-order valence-corrected chi connectivity index (χ1v) is 9.35. The first-order valence-electron chi connectivity index (χ1n) is 8.97. The van der Waals surface area contributed by atoms with E-state index in [4.69, 9.17) is 21.1 Å². The molecule has 1 N–H and O–H groups in total. The van der Waals surface area contributed by atoms with Gasteiger partial charge in [-0.3, -0.25) is 4.99 Å². The average molecular weight is 426 g/mol. The molecule has 0 atom stereocenters. The van der Waals surface area contributed by atoms with Crippen LogP contribution in [0.15, 0.2) is 35.3 Å². The molecule has 2 aliphatic rings. The minimum absolute atomic E-state index is 0. The summed E-state index contributed by atoms with van der Waals surface area (Å²) in [5.74, 6) is 0.956. The van der Waals surface area contributed by atoms with E-state index in [-0.39, 0.29) is 24.3 Å². The fourth-order valence-electron chi connectivity index (χ4n) is 3.44. The van der Waals surface area contributed by atoms with Gasteiger partial charge in [0.05, 0.1) is 18.5 Å². The minimum Gasteiger partial charge on any atom is -0.493 e. The summed E-state index contributed by atoms with van der Waals surface area (Å²) in [6.45, 7) is 2.18. The molecule has 2 aliphatic heterocycles. The molecule has 8 heteroatoms. The van der Waals surface area contributed by atoms with E-state index in [2.05, 4.69) is 10.3 Å². The van der Waals surface area contributed by atoms with Crippen molar-refractivity contribution in [1.82, 2.24) is 5.32 Å². The number of benzene rings is 2. The SMILES string of the molecule is COc1cc2c(cc1OC1CCNCC1)N(c1cc(Cl)ccc1F)CN=C2.Cl. The maximum Gasteiger partial charge on any atom is 0.163 e. The molecule has 28 heavy (non-hydrogen) atoms. The lowest BCUT2D eigenvalue weighted by Gasteiger charge is -2.30. The fourth-order valence-corrected chi connectivity index (χ4v) is 3.61. The summed E-state index contributed by atoms with van der Waals surface area (Å²) in [7, 11) is 1.62. The Kier molecular flexibility index (Phi) is 6.65. The molecule has 0 saturated carbocycles. The lowest BCUT2D eigenvalue weighted by Crippen LogP contribution is -2.34. The van der Waals surface area contributed by atoms with Gasteiger partial charge in [-0.1, -0.05) is 11.6 Å². The highest BCUT2D eigenvalue weighted by molar-refractivity contribution is 6.30. The molecule has 0 unspecified atom stereocenters. The predicted molar refractivity (Wildman–Crippen MR) is 113 cm³/mol. The quantitative estimate of drug-likeness (QED) is 0.778. The second kappa shape index (κ2) is 8.99. The van der Waals surface area contributed by atoms with Gasteiger partial charge in [-0.2, -0.15) is 0 Å². The van der Waals surface area contributed by atoms with Gasteiger partial charge < -0.3 is 19.7 Å². The van der Waals surface area contributed by atoms with E-state index in [1.807, 2.05) is 12.1 Å². The number of anilines is 2. The van der Waals surface area contributed by atoms with Crippen molar-refractivity contribution >= 4 is 41.6 Å². The summed E-state index contributed by atoms with van der Waals surface area (Å²) in [6.07, 6.45) is 3.78. The van der Waals surface area contributed by atoms with Crippen LogP contribution in [0.3, 0.4) is 0 Å². The number of fused-ring (bicyclic) bond motifs is 1. The number of nitrogens with zero attached hydrogens (tertiary/aromatic N) is 2. The summed E-state index contributed by atoms with van der Waals surface area (Å²) in [5, 5.41) is 3.80. The summed E-state index contributed by atoms with van der Waals surface area (Å²) >= 11 is 6.09. The second-order valence-electron chi connectivity index (χ2n) is 6.61. The topological polar surface area (TPSA) is 46.1 Å². The van der Waals surface area contributed by atoms with Crippen molar-refractivity contribution in [3.8, 4) is 11.5 Å². The maximum absolute atomic E-state index is 14.5. The van der Waals surface area contributed by atoms with Crippen molar-refractivity contribution in [3.05, 3.63) is 46.7 Å². The molecular weight excluding hydrogens is 404 g/mol. The largest absolute Gasteiger partial charge is 0.493 e. The normalized spacial score (nSPS) is 16.3. The smallest absolute Gasteiger partial charge is 0.163 e. The highest BCUT2D eigenvalue weighted by Gasteiger charge is 2.24. The number of piperidine rings is 1. The predicted octanol–water partition coefficient (Wildman–Crippen LogP) is 4.57. The highest BCUT2D eigenvalue weighted by Crippen LogP contribution is 2.40. The van der Waals surface area contributed by atoms with Crippen molar-refractivity contribution in [3.63, 3.8) is 0 Å². The highest BCUT2D eigenvalue weighted by atomic mass is 35.5. The van der Waals surface area contributed by atoms with Crippen molar-refractivity contribution in [1.29, 1.82) is 0 Å². The van der Waals surface area contributed by atoms with Crippen LogP contribution in [-0.2, 0) is 0 Å². The van der Waals surface area contributed by atoms with Gasteiger partial charge >= 0.3 is 0 Å². The third kappa shape index (κ3) is 4.19. The van der Waals surface area contributed by atoms with Gasteiger partial charge in [0.1, 0.15) is 18.6 Å². The molecule has 0 radical (unpaired) electrons. The zero-order valence-corrected chi connectivity index (χ0v) is 17.0. The molecule has 2 aromatic carbocycles. The molecule has 4 rings (SSSR count). The molecule has 0 spiro atoms. The molecule has 2 heterocycles. The lowest BCUT2D eigenvalue weighted by molar-refractivity contribution is 0.157. The Hall–Kier alpha value is -2.02. The minimum atomic E-state index is -0.348. The number of ether oxygens (including phenoxy) is 2. The van der Waals surface area contributed by atoms with Crippen LogP contribution in [0.4, 0.5) is 15.8 Å². The first kappa shape index (κ1) is 20.7. The Morgan fingerprint density at radius 3 is 2.68 bits per heavy atom. The maximum atomic E-state index is 14.5. The van der Waals surface area contributed by atoms with Gasteiger partial charge in [0, 0.05) is 22.9 Å². The molecule has 0 bridgehead atoms. The molecule has 1 fully saturated rings. The number of nitrogens with one attached hydrogen (secondary N) is 1. The Morgan fingerprint density at radius 2 is 1.93 bits per heavy atom. The zero-order chi connectivity index (χ0) is 18.8. The Labute approximate surface area is 174 Å². The van der Waals surface area contributed by atoms with Crippen LogP contribution in [0.1, 0.15) is 18.4 Å². The van der Waals surface area contributed by atoms with E-state index in [0.29, 0.717) is 28.9 Å². The molecule has 2 aromatic rings. The number of hydrogen-bond donors (Lipinski definition) is 1. The van der Waals surface area contributed by atoms with E-state index < -0.39 is 0 Å². The third-order valence-electron chi connectivity index (χ3n) is 4.84. The summed E-state index contributed by atoms with van der Waals surface area (Å²) in [4.78, 5) is 6.15. The van der Waals surface area contributed by atoms with E-state index in [9.17, 15) is 4.39 Å². The Morgan fingerprint density at radius 1 is 1.14 bits per heavy atom. The van der Waals surface area contributed by atoms with Crippen LogP contribution in [0.2, 0.25) is 5.02 Å². The summed E-state index contributed by atoms with van der Waals surface area (Å²) in [5.41, 5.74) is 2.05. The van der Waals surface area contributed by atoms with Gasteiger partial charge in [0.25, 0.3) is 0 Å². The molecule has 0 aromatic heterocycles. The second-order valence-corrected chi connectivity index (χ2v) is 7.04. The number of aliphatic imine (C=N–C) groups is 1. The van der Waals surface area contributed by atoms with Crippen LogP contribution < -0.4 is 19.7 Å². The van der Waals surface area contributed by atoms with E-state index in [1.165, 1.54) is 12.1 Å². The van der Waals surface area contributed by atoms with Crippen LogP contribution >= 0.6 is 24.0 Å². The van der Waals surface area contributed by atoms with Crippen LogP contribution in [0.5, 0.6) is 11.5 Å². The van der Waals surface area contributed by atoms with E-state index in [0.717, 1.165) is 37.2 Å². The third-order valence-corrected chi connectivity index (χ3v) is 5.07. The summed E-state index contributed by atoms with van der Waals surface area (Å²) in [6, 6.07) is 8.30. The van der Waals surface area contributed by atoms with Crippen LogP contribution in [0.25, 0.3) is 0 Å². The monoisotopic (exact) mass is 425 g/mol. The van der Waals surface area contributed by atoms with Gasteiger partial charge in [0.15, 0.2) is 11.5 Å². The molecule has 5 nitrogen and oxygen atoms in total.